The average molecular weight is 528 g/mol. The molecule has 0 spiro atoms. The lowest BCUT2D eigenvalue weighted by Crippen LogP contribution is -2.87. The van der Waals surface area contributed by atoms with Crippen LogP contribution in [0.2, 0.25) is 0 Å². The number of rotatable bonds is 10. The lowest BCUT2D eigenvalue weighted by Gasteiger charge is -2.18. The standard InChI is InChI=1S/C26H27BrN2O5/c1-31-22-12-17(13-23(32-2)26(22)34-4)15-28-21-11-10-19(27)14-20(21)25(29-16-24(30)33-3)18-8-6-5-7-9-18/h5-15,25,29H,16H2,1-4H3/p+1. The van der Waals surface area contributed by atoms with Crippen LogP contribution in [0.1, 0.15) is 22.7 Å². The molecule has 0 fully saturated rings. The van der Waals surface area contributed by atoms with E-state index in [0.717, 1.165) is 26.9 Å². The molecule has 0 aliphatic heterocycles. The van der Waals surface area contributed by atoms with Crippen molar-refractivity contribution in [2.24, 2.45) is 4.99 Å². The van der Waals surface area contributed by atoms with Crippen LogP contribution in [-0.4, -0.2) is 47.2 Å². The fourth-order valence-corrected chi connectivity index (χ4v) is 3.99. The number of nitrogens with two attached hydrogens (primary N) is 1. The van der Waals surface area contributed by atoms with Gasteiger partial charge in [-0.1, -0.05) is 46.3 Å². The molecule has 8 heteroatoms. The van der Waals surface area contributed by atoms with Crippen molar-refractivity contribution < 1.29 is 29.1 Å². The van der Waals surface area contributed by atoms with Crippen molar-refractivity contribution in [3.05, 3.63) is 81.8 Å². The van der Waals surface area contributed by atoms with Crippen molar-refractivity contribution in [1.29, 1.82) is 0 Å². The first-order chi connectivity index (χ1) is 16.5. The Hall–Kier alpha value is -3.36. The molecular weight excluding hydrogens is 500 g/mol. The number of methoxy groups -OCH3 is 4. The number of ether oxygens (including phenoxy) is 4. The predicted octanol–water partition coefficient (Wildman–Crippen LogP) is 4.05. The Morgan fingerprint density at radius 2 is 1.65 bits per heavy atom. The number of quaternary nitrogens is 1. The van der Waals surface area contributed by atoms with Crippen LogP contribution in [-0.2, 0) is 9.53 Å². The summed E-state index contributed by atoms with van der Waals surface area (Å²) in [5.74, 6) is 1.33. The van der Waals surface area contributed by atoms with Crippen LogP contribution in [0.4, 0.5) is 5.69 Å². The van der Waals surface area contributed by atoms with Gasteiger partial charge < -0.3 is 24.3 Å². The highest BCUT2D eigenvalue weighted by atomic mass is 79.9. The molecular formula is C26H28BrN2O5+. The summed E-state index contributed by atoms with van der Waals surface area (Å²) >= 11 is 3.58. The van der Waals surface area contributed by atoms with Crippen LogP contribution in [0.15, 0.2) is 70.1 Å². The summed E-state index contributed by atoms with van der Waals surface area (Å²) in [6, 6.07) is 19.4. The Balaban J connectivity index is 2.04. The van der Waals surface area contributed by atoms with Crippen molar-refractivity contribution in [2.45, 2.75) is 6.04 Å². The second kappa shape index (κ2) is 12.2. The number of nitrogens with zero attached hydrogens (tertiary/aromatic N) is 1. The van der Waals surface area contributed by atoms with Gasteiger partial charge in [-0.05, 0) is 30.3 Å². The van der Waals surface area contributed by atoms with Crippen LogP contribution < -0.4 is 19.5 Å². The van der Waals surface area contributed by atoms with Gasteiger partial charge in [0.2, 0.25) is 5.75 Å². The number of carbonyl (C=O) groups excluding carboxylic acids is 1. The molecule has 0 saturated carbocycles. The molecule has 0 aromatic heterocycles. The Bertz CT molecular complexity index is 1130. The molecule has 0 aliphatic carbocycles. The molecule has 0 amide bonds. The first kappa shape index (κ1) is 25.3. The third-order valence-electron chi connectivity index (χ3n) is 5.27. The molecule has 3 aromatic rings. The fraction of sp³-hybridized carbons (Fsp3) is 0.231. The zero-order chi connectivity index (χ0) is 24.5. The van der Waals surface area contributed by atoms with E-state index in [9.17, 15) is 4.79 Å². The zero-order valence-electron chi connectivity index (χ0n) is 19.6. The lowest BCUT2D eigenvalue weighted by atomic mass is 9.97. The highest BCUT2D eigenvalue weighted by Crippen LogP contribution is 2.38. The largest absolute Gasteiger partial charge is 0.493 e. The van der Waals surface area contributed by atoms with Gasteiger partial charge in [0.05, 0.1) is 34.1 Å². The second-order valence-corrected chi connectivity index (χ2v) is 8.24. The van der Waals surface area contributed by atoms with Crippen molar-refractivity contribution in [1.82, 2.24) is 0 Å². The molecule has 3 rings (SSSR count). The Morgan fingerprint density at radius 1 is 0.971 bits per heavy atom. The molecule has 1 atom stereocenters. The van der Waals surface area contributed by atoms with Gasteiger partial charge in [0, 0.05) is 27.4 Å². The summed E-state index contributed by atoms with van der Waals surface area (Å²) in [6.45, 7) is 0.179. The number of hydrogen-bond donors (Lipinski definition) is 1. The minimum absolute atomic E-state index is 0.162. The van der Waals surface area contributed by atoms with Crippen LogP contribution >= 0.6 is 15.9 Å². The smallest absolute Gasteiger partial charge is 0.361 e. The Kier molecular flexibility index (Phi) is 9.07. The summed E-state index contributed by atoms with van der Waals surface area (Å²) in [7, 11) is 6.11. The first-order valence-corrected chi connectivity index (χ1v) is 11.4. The quantitative estimate of drug-likeness (QED) is 0.317. The summed E-state index contributed by atoms with van der Waals surface area (Å²) in [6.07, 6.45) is 1.75. The molecule has 0 heterocycles. The van der Waals surface area contributed by atoms with Gasteiger partial charge in [0.25, 0.3) is 0 Å². The van der Waals surface area contributed by atoms with Gasteiger partial charge in [-0.25, -0.2) is 4.79 Å². The van der Waals surface area contributed by atoms with E-state index >= 15 is 0 Å². The van der Waals surface area contributed by atoms with E-state index in [0.29, 0.717) is 17.2 Å². The first-order valence-electron chi connectivity index (χ1n) is 10.6. The van der Waals surface area contributed by atoms with E-state index in [2.05, 4.69) is 15.9 Å². The van der Waals surface area contributed by atoms with Crippen molar-refractivity contribution >= 4 is 33.8 Å². The van der Waals surface area contributed by atoms with Gasteiger partial charge >= 0.3 is 5.97 Å². The van der Waals surface area contributed by atoms with E-state index in [4.69, 9.17) is 23.9 Å². The van der Waals surface area contributed by atoms with E-state index in [1.165, 1.54) is 7.11 Å². The molecule has 0 radical (unpaired) electrons. The summed E-state index contributed by atoms with van der Waals surface area (Å²) in [5, 5.41) is 1.95. The molecule has 0 aliphatic rings. The minimum Gasteiger partial charge on any atom is -0.493 e. The Morgan fingerprint density at radius 3 is 2.24 bits per heavy atom. The summed E-state index contributed by atoms with van der Waals surface area (Å²) in [4.78, 5) is 16.7. The van der Waals surface area contributed by atoms with Gasteiger partial charge in [0.15, 0.2) is 18.0 Å². The van der Waals surface area contributed by atoms with Crippen molar-refractivity contribution in [3.8, 4) is 17.2 Å². The van der Waals surface area contributed by atoms with Gasteiger partial charge in [0.1, 0.15) is 6.04 Å². The SMILES string of the molecule is COC(=O)C[NH2+]C(c1ccccc1)c1cc(Br)ccc1N=Cc1cc(OC)c(OC)c(OC)c1. The number of esters is 1. The molecule has 1 unspecified atom stereocenters. The monoisotopic (exact) mass is 527 g/mol. The lowest BCUT2D eigenvalue weighted by molar-refractivity contribution is -0.677. The van der Waals surface area contributed by atoms with E-state index in [1.807, 2.05) is 66.0 Å². The van der Waals surface area contributed by atoms with Crippen LogP contribution in [0.3, 0.4) is 0 Å². The number of aliphatic imine (C=N–C) groups is 1. The molecule has 178 valence electrons. The third kappa shape index (κ3) is 6.15. The molecule has 0 bridgehead atoms. The predicted molar refractivity (Wildman–Crippen MR) is 135 cm³/mol. The maximum atomic E-state index is 11.9. The van der Waals surface area contributed by atoms with E-state index < -0.39 is 0 Å². The van der Waals surface area contributed by atoms with Gasteiger partial charge in [-0.3, -0.25) is 4.99 Å². The van der Waals surface area contributed by atoms with Crippen molar-refractivity contribution in [2.75, 3.05) is 35.0 Å². The number of carbonyl (C=O) groups is 1. The molecule has 0 saturated heterocycles. The highest BCUT2D eigenvalue weighted by molar-refractivity contribution is 9.10. The average Bonchev–Trinajstić information content (AvgIpc) is 2.87. The third-order valence-corrected chi connectivity index (χ3v) is 5.76. The normalized spacial score (nSPS) is 11.8. The van der Waals surface area contributed by atoms with Gasteiger partial charge in [-0.15, -0.1) is 0 Å². The highest BCUT2D eigenvalue weighted by Gasteiger charge is 2.22. The zero-order valence-corrected chi connectivity index (χ0v) is 21.2. The van der Waals surface area contributed by atoms with Crippen LogP contribution in [0.25, 0.3) is 0 Å². The number of halogens is 1. The maximum absolute atomic E-state index is 11.9. The van der Waals surface area contributed by atoms with Crippen LogP contribution in [0, 0.1) is 0 Å². The molecule has 7 nitrogen and oxygen atoms in total. The minimum atomic E-state index is -0.293. The second-order valence-electron chi connectivity index (χ2n) is 7.32. The topological polar surface area (TPSA) is 83.0 Å². The van der Waals surface area contributed by atoms with Gasteiger partial charge in [-0.2, -0.15) is 0 Å². The maximum Gasteiger partial charge on any atom is 0.361 e. The van der Waals surface area contributed by atoms with Crippen molar-refractivity contribution in [3.63, 3.8) is 0 Å². The summed E-state index contributed by atoms with van der Waals surface area (Å²) in [5.41, 5.74) is 3.56. The van der Waals surface area contributed by atoms with E-state index in [1.54, 1.807) is 27.5 Å². The fourth-order valence-electron chi connectivity index (χ4n) is 3.61. The van der Waals surface area contributed by atoms with Crippen LogP contribution in [0.5, 0.6) is 17.2 Å². The Labute approximate surface area is 207 Å². The van der Waals surface area contributed by atoms with E-state index in [-0.39, 0.29) is 18.6 Å². The molecule has 34 heavy (non-hydrogen) atoms. The molecule has 3 aromatic carbocycles. The number of benzene rings is 3. The number of hydrogen-bond acceptors (Lipinski definition) is 6. The molecule has 2 N–H and O–H groups in total. The summed E-state index contributed by atoms with van der Waals surface area (Å²) < 4.78 is 22.1.